The van der Waals surface area contributed by atoms with Crippen LogP contribution in [0, 0.1) is 10.1 Å². The van der Waals surface area contributed by atoms with E-state index in [9.17, 15) is 14.9 Å². The fourth-order valence-corrected chi connectivity index (χ4v) is 2.32. The number of carbonyl (C=O) groups excluding carboxylic acids is 1. The third-order valence-corrected chi connectivity index (χ3v) is 3.56. The molecule has 0 aliphatic heterocycles. The van der Waals surface area contributed by atoms with Crippen LogP contribution in [0.1, 0.15) is 5.56 Å². The van der Waals surface area contributed by atoms with E-state index in [2.05, 4.69) is 21.2 Å². The molecule has 2 aromatic rings. The third-order valence-electron chi connectivity index (χ3n) is 2.74. The first-order valence-electron chi connectivity index (χ1n) is 5.94. The summed E-state index contributed by atoms with van der Waals surface area (Å²) < 4.78 is 0.771. The van der Waals surface area contributed by atoms with Crippen LogP contribution in [0.4, 0.5) is 11.4 Å². The van der Waals surface area contributed by atoms with Gasteiger partial charge in [0.2, 0.25) is 5.91 Å². The molecule has 0 spiro atoms. The molecule has 0 atom stereocenters. The van der Waals surface area contributed by atoms with Gasteiger partial charge in [0.1, 0.15) is 0 Å². The number of halogens is 2. The topological polar surface area (TPSA) is 72.2 Å². The maximum absolute atomic E-state index is 12.0. The van der Waals surface area contributed by atoms with Crippen LogP contribution < -0.4 is 5.32 Å². The number of hydrogen-bond acceptors (Lipinski definition) is 3. The monoisotopic (exact) mass is 368 g/mol. The highest BCUT2D eigenvalue weighted by Crippen LogP contribution is 2.26. The van der Waals surface area contributed by atoms with E-state index in [4.69, 9.17) is 11.6 Å². The molecule has 0 aliphatic rings. The van der Waals surface area contributed by atoms with Gasteiger partial charge in [0.05, 0.1) is 22.1 Å². The fraction of sp³-hybridized carbons (Fsp3) is 0.0714. The van der Waals surface area contributed by atoms with Gasteiger partial charge < -0.3 is 5.32 Å². The van der Waals surface area contributed by atoms with E-state index < -0.39 is 4.92 Å². The lowest BCUT2D eigenvalue weighted by Crippen LogP contribution is -2.15. The van der Waals surface area contributed by atoms with Gasteiger partial charge in [-0.2, -0.15) is 0 Å². The van der Waals surface area contributed by atoms with Crippen molar-refractivity contribution in [1.29, 1.82) is 0 Å². The molecule has 2 rings (SSSR count). The van der Waals surface area contributed by atoms with E-state index in [-0.39, 0.29) is 18.0 Å². The summed E-state index contributed by atoms with van der Waals surface area (Å²) in [4.78, 5) is 22.4. The number of nitro benzene ring substituents is 1. The molecule has 0 fully saturated rings. The summed E-state index contributed by atoms with van der Waals surface area (Å²) in [5.74, 6) is -0.371. The zero-order chi connectivity index (χ0) is 15.4. The molecular formula is C14H10BrClN2O3. The predicted octanol–water partition coefficient (Wildman–Crippen LogP) is 4.19. The number of nitro groups is 1. The molecule has 0 bridgehead atoms. The quantitative estimate of drug-likeness (QED) is 0.648. The number of amides is 1. The second-order valence-corrected chi connectivity index (χ2v) is 5.56. The van der Waals surface area contributed by atoms with Crippen molar-refractivity contribution < 1.29 is 9.72 Å². The molecule has 1 N–H and O–H groups in total. The van der Waals surface area contributed by atoms with Gasteiger partial charge in [0, 0.05) is 16.1 Å². The Kier molecular flexibility index (Phi) is 4.93. The maximum Gasteiger partial charge on any atom is 0.273 e. The fourth-order valence-electron chi connectivity index (χ4n) is 1.80. The van der Waals surface area contributed by atoms with Crippen molar-refractivity contribution in [3.8, 4) is 0 Å². The largest absolute Gasteiger partial charge is 0.324 e. The van der Waals surface area contributed by atoms with Crippen LogP contribution in [-0.2, 0) is 11.2 Å². The Hall–Kier alpha value is -1.92. The Morgan fingerprint density at radius 3 is 2.71 bits per heavy atom. The van der Waals surface area contributed by atoms with Crippen LogP contribution in [0.2, 0.25) is 5.02 Å². The lowest BCUT2D eigenvalue weighted by Gasteiger charge is -2.08. The van der Waals surface area contributed by atoms with E-state index in [0.29, 0.717) is 16.3 Å². The summed E-state index contributed by atoms with van der Waals surface area (Å²) in [5, 5.41) is 13.9. The Morgan fingerprint density at radius 2 is 2.00 bits per heavy atom. The van der Waals surface area contributed by atoms with E-state index in [0.717, 1.165) is 4.47 Å². The zero-order valence-electron chi connectivity index (χ0n) is 10.7. The highest BCUT2D eigenvalue weighted by atomic mass is 79.9. The highest BCUT2D eigenvalue weighted by molar-refractivity contribution is 9.10. The molecule has 1 amide bonds. The van der Waals surface area contributed by atoms with Gasteiger partial charge in [0.25, 0.3) is 5.69 Å². The number of carbonyl (C=O) groups is 1. The van der Waals surface area contributed by atoms with Crippen molar-refractivity contribution in [3.05, 3.63) is 67.6 Å². The molecule has 0 saturated heterocycles. The van der Waals surface area contributed by atoms with E-state index in [1.54, 1.807) is 36.4 Å². The van der Waals surface area contributed by atoms with Crippen LogP contribution in [-0.4, -0.2) is 10.8 Å². The minimum absolute atomic E-state index is 0.0759. The maximum atomic E-state index is 12.0. The summed E-state index contributed by atoms with van der Waals surface area (Å²) in [6.07, 6.45) is -0.0972. The van der Waals surface area contributed by atoms with Crippen molar-refractivity contribution in [2.75, 3.05) is 5.32 Å². The van der Waals surface area contributed by atoms with Crippen LogP contribution in [0.25, 0.3) is 0 Å². The molecule has 7 heteroatoms. The van der Waals surface area contributed by atoms with Gasteiger partial charge >= 0.3 is 0 Å². The second kappa shape index (κ2) is 6.69. The molecule has 0 heterocycles. The number of rotatable bonds is 4. The van der Waals surface area contributed by atoms with Crippen LogP contribution in [0.3, 0.4) is 0 Å². The number of nitrogens with one attached hydrogen (secondary N) is 1. The number of anilines is 1. The summed E-state index contributed by atoms with van der Waals surface area (Å²) in [5.41, 5.74) is 0.730. The van der Waals surface area contributed by atoms with E-state index in [1.165, 1.54) is 6.07 Å². The normalized spacial score (nSPS) is 10.2. The zero-order valence-corrected chi connectivity index (χ0v) is 13.0. The van der Waals surface area contributed by atoms with Gasteiger partial charge in [-0.1, -0.05) is 45.7 Å². The summed E-state index contributed by atoms with van der Waals surface area (Å²) in [6.45, 7) is 0. The van der Waals surface area contributed by atoms with Crippen LogP contribution in [0.5, 0.6) is 0 Å². The number of hydrogen-bond donors (Lipinski definition) is 1. The second-order valence-electron chi connectivity index (χ2n) is 4.23. The van der Waals surface area contributed by atoms with Gasteiger partial charge in [-0.3, -0.25) is 14.9 Å². The smallest absolute Gasteiger partial charge is 0.273 e. The van der Waals surface area contributed by atoms with Crippen molar-refractivity contribution >= 4 is 44.8 Å². The summed E-state index contributed by atoms with van der Waals surface area (Å²) >= 11 is 9.27. The average Bonchev–Trinajstić information content (AvgIpc) is 2.43. The molecular weight excluding hydrogens is 360 g/mol. The first-order chi connectivity index (χ1) is 9.97. The number of benzene rings is 2. The molecule has 2 aromatic carbocycles. The first-order valence-corrected chi connectivity index (χ1v) is 7.11. The molecule has 21 heavy (non-hydrogen) atoms. The lowest BCUT2D eigenvalue weighted by atomic mass is 10.1. The summed E-state index contributed by atoms with van der Waals surface area (Å²) in [7, 11) is 0. The molecule has 0 saturated carbocycles. The van der Waals surface area contributed by atoms with Crippen molar-refractivity contribution in [2.24, 2.45) is 0 Å². The van der Waals surface area contributed by atoms with E-state index in [1.807, 2.05) is 0 Å². The minimum Gasteiger partial charge on any atom is -0.324 e. The van der Waals surface area contributed by atoms with Gasteiger partial charge in [-0.05, 0) is 18.2 Å². The molecule has 0 aliphatic carbocycles. The van der Waals surface area contributed by atoms with Gasteiger partial charge in [-0.15, -0.1) is 0 Å². The van der Waals surface area contributed by atoms with Crippen molar-refractivity contribution in [1.82, 2.24) is 0 Å². The highest BCUT2D eigenvalue weighted by Gasteiger charge is 2.16. The molecule has 0 radical (unpaired) electrons. The number of nitrogens with zero attached hydrogens (tertiary/aromatic N) is 1. The van der Waals surface area contributed by atoms with Gasteiger partial charge in [-0.25, -0.2) is 0 Å². The standard InChI is InChI=1S/C14H10BrClN2O3/c15-10-5-6-11(16)12(8-10)17-14(19)7-9-3-1-2-4-13(9)18(20)21/h1-6,8H,7H2,(H,17,19). The molecule has 0 unspecified atom stereocenters. The minimum atomic E-state index is -0.505. The number of para-hydroxylation sites is 1. The molecule has 108 valence electrons. The SMILES string of the molecule is O=C(Cc1ccccc1[N+](=O)[O-])Nc1cc(Br)ccc1Cl. The van der Waals surface area contributed by atoms with E-state index >= 15 is 0 Å². The summed E-state index contributed by atoms with van der Waals surface area (Å²) in [6, 6.07) is 11.2. The van der Waals surface area contributed by atoms with Crippen LogP contribution >= 0.6 is 27.5 Å². The van der Waals surface area contributed by atoms with Crippen molar-refractivity contribution in [3.63, 3.8) is 0 Å². The Bertz CT molecular complexity index is 706. The Morgan fingerprint density at radius 1 is 1.29 bits per heavy atom. The van der Waals surface area contributed by atoms with Gasteiger partial charge in [0.15, 0.2) is 0 Å². The lowest BCUT2D eigenvalue weighted by molar-refractivity contribution is -0.385. The van der Waals surface area contributed by atoms with Crippen LogP contribution in [0.15, 0.2) is 46.9 Å². The first kappa shape index (κ1) is 15.5. The molecule has 0 aromatic heterocycles. The Balaban J connectivity index is 2.16. The molecule has 5 nitrogen and oxygen atoms in total. The van der Waals surface area contributed by atoms with Crippen molar-refractivity contribution in [2.45, 2.75) is 6.42 Å². The Labute approximate surface area is 134 Å². The third kappa shape index (κ3) is 4.03. The predicted molar refractivity (Wildman–Crippen MR) is 84.6 cm³/mol. The average molecular weight is 370 g/mol.